The fraction of sp³-hybridized carbons (Fsp3) is 0.708. The lowest BCUT2D eigenvalue weighted by Gasteiger charge is -2.30. The van der Waals surface area contributed by atoms with E-state index in [1.165, 1.54) is 0 Å². The number of ether oxygens (including phenoxy) is 5. The predicted octanol–water partition coefficient (Wildman–Crippen LogP) is 2.64. The van der Waals surface area contributed by atoms with Crippen molar-refractivity contribution < 1.29 is 38.1 Å². The number of carbonyl (C=O) groups excluding carboxylic acids is 3. The van der Waals surface area contributed by atoms with Gasteiger partial charge in [0.1, 0.15) is 18.3 Å². The van der Waals surface area contributed by atoms with E-state index in [1.54, 1.807) is 26.8 Å². The van der Waals surface area contributed by atoms with Gasteiger partial charge in [-0.1, -0.05) is 20.4 Å². The minimum Gasteiger partial charge on any atom is -0.459 e. The maximum Gasteiger partial charge on any atom is 0.341 e. The average Bonchev–Trinajstić information content (AvgIpc) is 3.50. The van der Waals surface area contributed by atoms with Crippen LogP contribution in [0, 0.1) is 11.8 Å². The maximum absolute atomic E-state index is 12.8. The summed E-state index contributed by atoms with van der Waals surface area (Å²) in [7, 11) is 0. The molecule has 0 bridgehead atoms. The first-order valence-electron chi connectivity index (χ1n) is 11.2. The largest absolute Gasteiger partial charge is 0.459 e. The highest BCUT2D eigenvalue weighted by Gasteiger charge is 2.61. The van der Waals surface area contributed by atoms with Crippen LogP contribution in [0.15, 0.2) is 23.8 Å². The highest BCUT2D eigenvalue weighted by Crippen LogP contribution is 2.49. The van der Waals surface area contributed by atoms with Gasteiger partial charge in [-0.2, -0.15) is 0 Å². The smallest absolute Gasteiger partial charge is 0.341 e. The van der Waals surface area contributed by atoms with Gasteiger partial charge in [0.05, 0.1) is 29.6 Å². The van der Waals surface area contributed by atoms with Crippen LogP contribution in [0.4, 0.5) is 0 Å². The molecule has 0 radical (unpaired) electrons. The normalized spacial score (nSPS) is 44.5. The Kier molecular flexibility index (Phi) is 5.53. The van der Waals surface area contributed by atoms with Gasteiger partial charge in [0.15, 0.2) is 5.60 Å². The molecule has 3 fully saturated rings. The van der Waals surface area contributed by atoms with Gasteiger partial charge in [0, 0.05) is 18.4 Å². The first kappa shape index (κ1) is 23.0. The molecule has 8 nitrogen and oxygen atoms in total. The summed E-state index contributed by atoms with van der Waals surface area (Å²) < 4.78 is 28.7. The molecule has 0 unspecified atom stereocenters. The van der Waals surface area contributed by atoms with Crippen molar-refractivity contribution >= 4 is 17.9 Å². The molecule has 176 valence electrons. The van der Waals surface area contributed by atoms with Gasteiger partial charge < -0.3 is 23.7 Å². The third kappa shape index (κ3) is 3.99. The lowest BCUT2D eigenvalue weighted by molar-refractivity contribution is -0.159. The molecule has 3 saturated heterocycles. The lowest BCUT2D eigenvalue weighted by Crippen LogP contribution is -2.40. The minimum atomic E-state index is -0.984. The summed E-state index contributed by atoms with van der Waals surface area (Å²) in [6.07, 6.45) is 0.364. The van der Waals surface area contributed by atoms with E-state index in [4.69, 9.17) is 23.7 Å². The summed E-state index contributed by atoms with van der Waals surface area (Å²) in [5.74, 6) is -2.13. The van der Waals surface area contributed by atoms with Crippen LogP contribution in [0.5, 0.6) is 0 Å². The number of esters is 3. The summed E-state index contributed by atoms with van der Waals surface area (Å²) in [6, 6.07) is 0. The van der Waals surface area contributed by atoms with Crippen molar-refractivity contribution in [1.29, 1.82) is 0 Å². The molecule has 4 rings (SSSR count). The molecular weight excluding hydrogens is 416 g/mol. The summed E-state index contributed by atoms with van der Waals surface area (Å²) >= 11 is 0. The van der Waals surface area contributed by atoms with Crippen molar-refractivity contribution in [3.05, 3.63) is 23.8 Å². The van der Waals surface area contributed by atoms with E-state index in [-0.39, 0.29) is 29.7 Å². The average molecular weight is 449 g/mol. The maximum atomic E-state index is 12.8. The van der Waals surface area contributed by atoms with E-state index in [9.17, 15) is 14.4 Å². The molecule has 3 aliphatic heterocycles. The second kappa shape index (κ2) is 7.70. The minimum absolute atomic E-state index is 0.175. The highest BCUT2D eigenvalue weighted by molar-refractivity contribution is 5.91. The van der Waals surface area contributed by atoms with Crippen molar-refractivity contribution in [1.82, 2.24) is 0 Å². The molecule has 0 N–H and O–H groups in total. The van der Waals surface area contributed by atoms with Crippen molar-refractivity contribution in [2.24, 2.45) is 11.8 Å². The third-order valence-electron chi connectivity index (χ3n) is 7.20. The van der Waals surface area contributed by atoms with Crippen LogP contribution in [-0.2, 0) is 38.1 Å². The van der Waals surface area contributed by atoms with Crippen molar-refractivity contribution in [3.8, 4) is 0 Å². The topological polar surface area (TPSA) is 104 Å². The van der Waals surface area contributed by atoms with Gasteiger partial charge in [-0.3, -0.25) is 4.79 Å². The molecular formula is C24H32O8. The fourth-order valence-corrected chi connectivity index (χ4v) is 4.56. The Balaban J connectivity index is 1.65. The fourth-order valence-electron chi connectivity index (χ4n) is 4.56. The van der Waals surface area contributed by atoms with Gasteiger partial charge >= 0.3 is 17.9 Å². The molecule has 0 amide bonds. The Bertz CT molecular complexity index is 890. The van der Waals surface area contributed by atoms with Crippen molar-refractivity contribution in [3.63, 3.8) is 0 Å². The van der Waals surface area contributed by atoms with E-state index in [2.05, 4.69) is 6.58 Å². The van der Waals surface area contributed by atoms with Gasteiger partial charge in [-0.15, -0.1) is 0 Å². The van der Waals surface area contributed by atoms with E-state index in [0.717, 1.165) is 5.57 Å². The Labute approximate surface area is 188 Å². The SMILES string of the molecule is C=C1C(=O)O[C@@H]2/C=C(/C)[C@@H](OC(=O)C(C)C)C[C@H]3O[C@]3(C)C[C@@H](OC(=O)[C@@]3(C)O[C@@H]3C)[C@@H]12. The van der Waals surface area contributed by atoms with Gasteiger partial charge in [-0.05, 0) is 39.3 Å². The predicted molar refractivity (Wildman–Crippen MR) is 112 cm³/mol. The summed E-state index contributed by atoms with van der Waals surface area (Å²) in [4.78, 5) is 37.5. The van der Waals surface area contributed by atoms with Crippen molar-refractivity contribution in [2.75, 3.05) is 0 Å². The molecule has 32 heavy (non-hydrogen) atoms. The quantitative estimate of drug-likeness (QED) is 0.213. The van der Waals surface area contributed by atoms with Crippen LogP contribution >= 0.6 is 0 Å². The molecule has 3 heterocycles. The zero-order chi connectivity index (χ0) is 23.6. The van der Waals surface area contributed by atoms with E-state index >= 15 is 0 Å². The highest BCUT2D eigenvalue weighted by atomic mass is 16.7. The molecule has 4 aliphatic rings. The Morgan fingerprint density at radius 3 is 2.47 bits per heavy atom. The van der Waals surface area contributed by atoms with E-state index in [1.807, 2.05) is 20.8 Å². The van der Waals surface area contributed by atoms with Crippen LogP contribution in [0.1, 0.15) is 54.4 Å². The molecule has 0 saturated carbocycles. The number of rotatable bonds is 4. The van der Waals surface area contributed by atoms with Crippen LogP contribution in [0.25, 0.3) is 0 Å². The van der Waals surface area contributed by atoms with Gasteiger partial charge in [-0.25, -0.2) is 9.59 Å². The third-order valence-corrected chi connectivity index (χ3v) is 7.20. The first-order chi connectivity index (χ1) is 14.9. The van der Waals surface area contributed by atoms with E-state index in [0.29, 0.717) is 12.8 Å². The molecule has 0 aromatic heterocycles. The monoisotopic (exact) mass is 448 g/mol. The second-order valence-electron chi connectivity index (χ2n) is 10.1. The zero-order valence-electron chi connectivity index (χ0n) is 19.5. The number of hydrogen-bond acceptors (Lipinski definition) is 8. The van der Waals surface area contributed by atoms with Gasteiger partial charge in [0.2, 0.25) is 0 Å². The van der Waals surface area contributed by atoms with Gasteiger partial charge in [0.25, 0.3) is 0 Å². The zero-order valence-corrected chi connectivity index (χ0v) is 19.5. The van der Waals surface area contributed by atoms with E-state index < -0.39 is 47.4 Å². The molecule has 8 heteroatoms. The van der Waals surface area contributed by atoms with Crippen LogP contribution in [0.2, 0.25) is 0 Å². The lowest BCUT2D eigenvalue weighted by atomic mass is 9.82. The second-order valence-corrected chi connectivity index (χ2v) is 10.1. The molecule has 0 spiro atoms. The Morgan fingerprint density at radius 2 is 1.88 bits per heavy atom. The van der Waals surface area contributed by atoms with Crippen LogP contribution < -0.4 is 0 Å². The number of hydrogen-bond donors (Lipinski definition) is 0. The Hall–Kier alpha value is -2.19. The first-order valence-corrected chi connectivity index (χ1v) is 11.2. The van der Waals surface area contributed by atoms with Crippen LogP contribution in [0.3, 0.4) is 0 Å². The molecule has 1 aliphatic carbocycles. The summed E-state index contributed by atoms with van der Waals surface area (Å²) in [5, 5.41) is 0. The molecule has 0 aromatic carbocycles. The Morgan fingerprint density at radius 1 is 1.22 bits per heavy atom. The van der Waals surface area contributed by atoms with Crippen molar-refractivity contribution in [2.45, 2.75) is 96.1 Å². The standard InChI is InChI=1S/C24H32O8/c1-11(2)20(25)28-15-9-18-23(6,32-18)10-17(30-22(27)24(7)14(5)31-24)19-13(4)21(26)29-16(19)8-12(15)3/h8,11,14-19H,4,9-10H2,1-3,5-7H3/b12-8-/t14-,15+,16-,17-,18-,19+,23-,24+/m1/s1. The summed E-state index contributed by atoms with van der Waals surface area (Å²) in [6.45, 7) is 14.8. The van der Waals surface area contributed by atoms with Crippen LogP contribution in [-0.4, -0.2) is 59.6 Å². The number of fused-ring (bicyclic) bond motifs is 2. The molecule has 0 aromatic rings. The molecule has 8 atom stereocenters. The number of carbonyl (C=O) groups is 3. The number of epoxide rings is 2. The summed E-state index contributed by atoms with van der Waals surface area (Å²) in [5.41, 5.74) is -0.558.